The zero-order valence-electron chi connectivity index (χ0n) is 16.3. The van der Waals surface area contributed by atoms with Crippen LogP contribution in [-0.2, 0) is 9.59 Å². The number of hydrogen-bond donors (Lipinski definition) is 2. The Kier molecular flexibility index (Phi) is 11.5. The fourth-order valence-corrected chi connectivity index (χ4v) is 4.68. The molecule has 2 aliphatic rings. The van der Waals surface area contributed by atoms with Crippen LogP contribution in [0.3, 0.4) is 0 Å². The van der Waals surface area contributed by atoms with E-state index in [1.807, 2.05) is 13.8 Å². The quantitative estimate of drug-likeness (QED) is 0.687. The van der Waals surface area contributed by atoms with Gasteiger partial charge in [-0.15, -0.1) is 0 Å². The van der Waals surface area contributed by atoms with Crippen LogP contribution in [0.25, 0.3) is 0 Å². The summed E-state index contributed by atoms with van der Waals surface area (Å²) in [7, 11) is 0. The van der Waals surface area contributed by atoms with Crippen molar-refractivity contribution >= 4 is 22.8 Å². The average molecular weight is 372 g/mol. The van der Waals surface area contributed by atoms with Crippen LogP contribution in [0, 0.1) is 5.92 Å². The van der Waals surface area contributed by atoms with Gasteiger partial charge >= 0.3 is 5.97 Å². The largest absolute Gasteiger partial charge is 0.480 e. The average Bonchev–Trinajstić information content (AvgIpc) is 2.56. The molecule has 4 nitrogen and oxygen atoms in total. The van der Waals surface area contributed by atoms with E-state index in [1.165, 1.54) is 71.1 Å². The van der Waals surface area contributed by atoms with E-state index in [0.717, 1.165) is 23.8 Å². The molecule has 1 atom stereocenters. The molecule has 2 saturated carbocycles. The van der Waals surface area contributed by atoms with E-state index in [2.05, 4.69) is 5.32 Å². The van der Waals surface area contributed by atoms with Crippen LogP contribution in [0.5, 0.6) is 0 Å². The number of nitrogens with one attached hydrogen (secondary N) is 1. The van der Waals surface area contributed by atoms with Gasteiger partial charge in [-0.3, -0.25) is 9.59 Å². The molecule has 2 rings (SSSR count). The molecule has 0 aromatic carbocycles. The van der Waals surface area contributed by atoms with E-state index in [-0.39, 0.29) is 5.12 Å². The fraction of sp³-hybridized carbons (Fsp3) is 0.900. The van der Waals surface area contributed by atoms with Gasteiger partial charge < -0.3 is 10.4 Å². The predicted octanol–water partition coefficient (Wildman–Crippen LogP) is 5.01. The van der Waals surface area contributed by atoms with Crippen molar-refractivity contribution in [3.8, 4) is 0 Å². The third kappa shape index (κ3) is 10.9. The van der Waals surface area contributed by atoms with Gasteiger partial charge in [-0.25, -0.2) is 0 Å². The smallest absolute Gasteiger partial charge is 0.317 e. The number of thioether (sulfide) groups is 1. The number of carboxylic acid groups (broad SMARTS) is 1. The highest BCUT2D eigenvalue weighted by atomic mass is 32.2. The van der Waals surface area contributed by atoms with Crippen LogP contribution >= 0.6 is 11.8 Å². The molecule has 25 heavy (non-hydrogen) atoms. The maximum absolute atomic E-state index is 10.6. The molecule has 0 amide bonds. The van der Waals surface area contributed by atoms with Crippen molar-refractivity contribution < 1.29 is 14.7 Å². The van der Waals surface area contributed by atoms with Crippen LogP contribution in [0.4, 0.5) is 0 Å². The Morgan fingerprint density at radius 3 is 1.72 bits per heavy atom. The summed E-state index contributed by atoms with van der Waals surface area (Å²) in [6.07, 6.45) is 15.1. The molecule has 0 heterocycles. The van der Waals surface area contributed by atoms with Crippen molar-refractivity contribution in [2.45, 2.75) is 109 Å². The zero-order chi connectivity index (χ0) is 18.7. The standard InChI is InChI=1S/C12H23N.C8H14O3S/c1-3-7-11(8-4-1)13-12-9-5-2-6-10-12;1-5(2)4-7(8(10)11)12-6(3)9/h11-13H,1-10H2;5,7H,4H2,1-3H3,(H,10,11)/t;7-/m.0/s1. The number of carboxylic acids is 1. The van der Waals surface area contributed by atoms with Crippen LogP contribution in [0.1, 0.15) is 91.4 Å². The van der Waals surface area contributed by atoms with Crippen molar-refractivity contribution in [1.82, 2.24) is 5.32 Å². The van der Waals surface area contributed by atoms with E-state index in [4.69, 9.17) is 5.11 Å². The monoisotopic (exact) mass is 371 g/mol. The SMILES string of the molecule is C1CCC(NC2CCCCC2)CC1.CC(=O)S[C@@H](CC(C)C)C(=O)O. The summed E-state index contributed by atoms with van der Waals surface area (Å²) in [5, 5.41) is 11.8. The first kappa shape index (κ1) is 22.5. The summed E-state index contributed by atoms with van der Waals surface area (Å²) in [4.78, 5) is 21.2. The second-order valence-electron chi connectivity index (χ2n) is 7.90. The minimum absolute atomic E-state index is 0.136. The molecule has 2 N–H and O–H groups in total. The highest BCUT2D eigenvalue weighted by Gasteiger charge is 2.21. The van der Waals surface area contributed by atoms with Gasteiger partial charge in [0.2, 0.25) is 0 Å². The van der Waals surface area contributed by atoms with Crippen molar-refractivity contribution in [2.75, 3.05) is 0 Å². The molecule has 0 spiro atoms. The first-order valence-electron chi connectivity index (χ1n) is 10.0. The van der Waals surface area contributed by atoms with Gasteiger partial charge in [-0.1, -0.05) is 64.1 Å². The lowest BCUT2D eigenvalue weighted by Crippen LogP contribution is -2.40. The number of carbonyl (C=O) groups is 2. The summed E-state index contributed by atoms with van der Waals surface area (Å²) >= 11 is 0.898. The van der Waals surface area contributed by atoms with E-state index in [9.17, 15) is 9.59 Å². The molecule has 2 fully saturated rings. The van der Waals surface area contributed by atoms with Crippen LogP contribution < -0.4 is 5.32 Å². The van der Waals surface area contributed by atoms with Crippen molar-refractivity contribution in [3.63, 3.8) is 0 Å². The van der Waals surface area contributed by atoms with Gasteiger partial charge in [-0.05, 0) is 38.0 Å². The van der Waals surface area contributed by atoms with Crippen molar-refractivity contribution in [2.24, 2.45) is 5.92 Å². The Balaban J connectivity index is 0.000000252. The predicted molar refractivity (Wildman–Crippen MR) is 106 cm³/mol. The van der Waals surface area contributed by atoms with E-state index in [0.29, 0.717) is 12.3 Å². The lowest BCUT2D eigenvalue weighted by Gasteiger charge is -2.30. The van der Waals surface area contributed by atoms with Gasteiger partial charge in [0, 0.05) is 19.0 Å². The minimum Gasteiger partial charge on any atom is -0.480 e. The molecule has 0 saturated heterocycles. The summed E-state index contributed by atoms with van der Waals surface area (Å²) in [6.45, 7) is 5.27. The molecule has 2 aliphatic carbocycles. The van der Waals surface area contributed by atoms with E-state index in [1.54, 1.807) is 0 Å². The summed E-state index contributed by atoms with van der Waals surface area (Å²) < 4.78 is 0. The Hall–Kier alpha value is -0.550. The Morgan fingerprint density at radius 1 is 0.960 bits per heavy atom. The molecular weight excluding hydrogens is 334 g/mol. The number of aliphatic carboxylic acids is 1. The molecule has 0 aromatic rings. The minimum atomic E-state index is -0.899. The third-order valence-corrected chi connectivity index (χ3v) is 5.96. The van der Waals surface area contributed by atoms with Gasteiger partial charge in [0.15, 0.2) is 5.12 Å². The lowest BCUT2D eigenvalue weighted by molar-refractivity contribution is -0.136. The third-order valence-electron chi connectivity index (χ3n) is 4.95. The Bertz CT molecular complexity index is 372. The second kappa shape index (κ2) is 12.7. The normalized spacial score (nSPS) is 20.6. The molecular formula is C20H37NO3S. The van der Waals surface area contributed by atoms with Gasteiger partial charge in [0.05, 0.1) is 0 Å². The second-order valence-corrected chi connectivity index (χ2v) is 9.28. The number of hydrogen-bond acceptors (Lipinski definition) is 4. The highest BCUT2D eigenvalue weighted by molar-refractivity contribution is 8.14. The zero-order valence-corrected chi connectivity index (χ0v) is 17.1. The topological polar surface area (TPSA) is 66.4 Å². The maximum Gasteiger partial charge on any atom is 0.317 e. The summed E-state index contributed by atoms with van der Waals surface area (Å²) in [5.41, 5.74) is 0. The van der Waals surface area contributed by atoms with Crippen molar-refractivity contribution in [1.29, 1.82) is 0 Å². The van der Waals surface area contributed by atoms with Crippen LogP contribution in [0.15, 0.2) is 0 Å². The Labute approximate surface area is 157 Å². The number of rotatable bonds is 6. The highest BCUT2D eigenvalue weighted by Crippen LogP contribution is 2.22. The summed E-state index contributed by atoms with van der Waals surface area (Å²) in [6, 6.07) is 1.74. The first-order valence-corrected chi connectivity index (χ1v) is 10.9. The molecule has 0 aliphatic heterocycles. The number of carbonyl (C=O) groups excluding carboxylic acids is 1. The molecule has 5 heteroatoms. The molecule has 0 aromatic heterocycles. The van der Waals surface area contributed by atoms with E-state index < -0.39 is 11.2 Å². The lowest BCUT2D eigenvalue weighted by atomic mass is 9.91. The van der Waals surface area contributed by atoms with Gasteiger partial charge in [-0.2, -0.15) is 0 Å². The van der Waals surface area contributed by atoms with Crippen molar-refractivity contribution in [3.05, 3.63) is 0 Å². The van der Waals surface area contributed by atoms with Gasteiger partial charge in [0.25, 0.3) is 0 Å². The molecule has 0 radical (unpaired) electrons. The summed E-state index contributed by atoms with van der Waals surface area (Å²) in [5.74, 6) is -0.596. The van der Waals surface area contributed by atoms with E-state index >= 15 is 0 Å². The van der Waals surface area contributed by atoms with Crippen LogP contribution in [-0.4, -0.2) is 33.5 Å². The van der Waals surface area contributed by atoms with Gasteiger partial charge in [0.1, 0.15) is 5.25 Å². The molecule has 0 bridgehead atoms. The first-order chi connectivity index (χ1) is 11.9. The molecule has 0 unspecified atom stereocenters. The maximum atomic E-state index is 10.6. The molecule has 146 valence electrons. The fourth-order valence-electron chi connectivity index (χ4n) is 3.70. The van der Waals surface area contributed by atoms with Crippen LogP contribution in [0.2, 0.25) is 0 Å². The Morgan fingerprint density at radius 2 is 1.40 bits per heavy atom.